The van der Waals surface area contributed by atoms with E-state index in [1.807, 2.05) is 24.3 Å². The first-order chi connectivity index (χ1) is 11.1. The molecule has 1 aromatic heterocycles. The van der Waals surface area contributed by atoms with Gasteiger partial charge in [0.05, 0.1) is 24.4 Å². The number of hydrogen-bond acceptors (Lipinski definition) is 3. The van der Waals surface area contributed by atoms with Crippen LogP contribution >= 0.6 is 11.6 Å². The minimum Gasteiger partial charge on any atom is -0.481 e. The van der Waals surface area contributed by atoms with Crippen molar-refractivity contribution in [1.29, 1.82) is 0 Å². The Labute approximate surface area is 140 Å². The number of amides is 1. The summed E-state index contributed by atoms with van der Waals surface area (Å²) in [5.41, 5.74) is 1.22. The standard InChI is InChI=1S/C18H19ClN2O2/c1-23-16-9-8-15(12-20-16)21-17(22)18(10-2-3-11-18)13-4-6-14(19)7-5-13/h4-9,12H,2-3,10-11H2,1H3,(H,21,22). The van der Waals surface area contributed by atoms with E-state index in [1.54, 1.807) is 25.4 Å². The van der Waals surface area contributed by atoms with Gasteiger partial charge in [-0.15, -0.1) is 0 Å². The number of pyridine rings is 1. The highest BCUT2D eigenvalue weighted by atomic mass is 35.5. The summed E-state index contributed by atoms with van der Waals surface area (Å²) in [5.74, 6) is 0.542. The molecule has 3 rings (SSSR count). The van der Waals surface area contributed by atoms with Crippen LogP contribution in [0.15, 0.2) is 42.6 Å². The van der Waals surface area contributed by atoms with E-state index in [0.29, 0.717) is 16.6 Å². The second kappa shape index (κ2) is 6.59. The van der Waals surface area contributed by atoms with Gasteiger partial charge < -0.3 is 10.1 Å². The normalized spacial score (nSPS) is 16.1. The molecule has 1 aliphatic carbocycles. The van der Waals surface area contributed by atoms with E-state index >= 15 is 0 Å². The van der Waals surface area contributed by atoms with Crippen molar-refractivity contribution in [3.05, 3.63) is 53.2 Å². The molecule has 120 valence electrons. The number of rotatable bonds is 4. The van der Waals surface area contributed by atoms with Crippen molar-refractivity contribution in [2.45, 2.75) is 31.1 Å². The van der Waals surface area contributed by atoms with Crippen LogP contribution < -0.4 is 10.1 Å². The van der Waals surface area contributed by atoms with Crippen molar-refractivity contribution in [3.63, 3.8) is 0 Å². The highest BCUT2D eigenvalue weighted by Gasteiger charge is 2.42. The summed E-state index contributed by atoms with van der Waals surface area (Å²) in [4.78, 5) is 17.1. The molecule has 0 radical (unpaired) electrons. The molecule has 0 spiro atoms. The van der Waals surface area contributed by atoms with Gasteiger partial charge in [-0.3, -0.25) is 4.79 Å². The lowest BCUT2D eigenvalue weighted by Crippen LogP contribution is -2.38. The van der Waals surface area contributed by atoms with Gasteiger partial charge in [-0.2, -0.15) is 0 Å². The summed E-state index contributed by atoms with van der Waals surface area (Å²) in [5, 5.41) is 3.68. The van der Waals surface area contributed by atoms with Crippen molar-refractivity contribution >= 4 is 23.2 Å². The van der Waals surface area contributed by atoms with Crippen molar-refractivity contribution in [3.8, 4) is 5.88 Å². The predicted molar refractivity (Wildman–Crippen MR) is 91.0 cm³/mol. The largest absolute Gasteiger partial charge is 0.481 e. The molecule has 1 N–H and O–H groups in total. The smallest absolute Gasteiger partial charge is 0.235 e. The highest BCUT2D eigenvalue weighted by molar-refractivity contribution is 6.30. The Morgan fingerprint density at radius 3 is 2.43 bits per heavy atom. The topological polar surface area (TPSA) is 51.2 Å². The Kier molecular flexibility index (Phi) is 4.53. The van der Waals surface area contributed by atoms with Gasteiger partial charge in [0.1, 0.15) is 0 Å². The molecule has 1 saturated carbocycles. The van der Waals surface area contributed by atoms with Crippen LogP contribution in [0.1, 0.15) is 31.2 Å². The van der Waals surface area contributed by atoms with Crippen LogP contribution in [0.5, 0.6) is 5.88 Å². The van der Waals surface area contributed by atoms with Crippen LogP contribution in [0.2, 0.25) is 5.02 Å². The fourth-order valence-corrected chi connectivity index (χ4v) is 3.35. The lowest BCUT2D eigenvalue weighted by atomic mass is 9.78. The molecule has 1 fully saturated rings. The molecule has 1 amide bonds. The Morgan fingerprint density at radius 1 is 1.17 bits per heavy atom. The fraction of sp³-hybridized carbons (Fsp3) is 0.333. The minimum atomic E-state index is -0.482. The molecule has 0 atom stereocenters. The molecule has 0 bridgehead atoms. The third-order valence-electron chi connectivity index (χ3n) is 4.49. The predicted octanol–water partition coefficient (Wildman–Crippen LogP) is 4.19. The third kappa shape index (κ3) is 3.17. The van der Waals surface area contributed by atoms with Crippen molar-refractivity contribution < 1.29 is 9.53 Å². The first kappa shape index (κ1) is 15.8. The monoisotopic (exact) mass is 330 g/mol. The molecule has 23 heavy (non-hydrogen) atoms. The number of carbonyl (C=O) groups is 1. The molecule has 1 heterocycles. The number of aromatic nitrogens is 1. The number of nitrogens with zero attached hydrogens (tertiary/aromatic N) is 1. The molecule has 0 saturated heterocycles. The van der Waals surface area contributed by atoms with Crippen molar-refractivity contribution in [2.24, 2.45) is 0 Å². The Balaban J connectivity index is 1.85. The Morgan fingerprint density at radius 2 is 1.87 bits per heavy atom. The quantitative estimate of drug-likeness (QED) is 0.914. The summed E-state index contributed by atoms with van der Waals surface area (Å²) in [6.07, 6.45) is 5.42. The van der Waals surface area contributed by atoms with Crippen LogP contribution in [-0.2, 0) is 10.2 Å². The number of anilines is 1. The molecular formula is C18H19ClN2O2. The highest BCUT2D eigenvalue weighted by Crippen LogP contribution is 2.42. The first-order valence-corrected chi connectivity index (χ1v) is 8.09. The van der Waals surface area contributed by atoms with Gasteiger partial charge in [-0.1, -0.05) is 36.6 Å². The van der Waals surface area contributed by atoms with E-state index in [-0.39, 0.29) is 5.91 Å². The number of hydrogen-bond donors (Lipinski definition) is 1. The molecule has 5 heteroatoms. The molecule has 0 aliphatic heterocycles. The van der Waals surface area contributed by atoms with Gasteiger partial charge in [-0.05, 0) is 36.6 Å². The van der Waals surface area contributed by atoms with Gasteiger partial charge in [-0.25, -0.2) is 4.98 Å². The average molecular weight is 331 g/mol. The van der Waals surface area contributed by atoms with E-state index in [4.69, 9.17) is 16.3 Å². The summed E-state index contributed by atoms with van der Waals surface area (Å²) in [7, 11) is 1.56. The molecule has 1 aliphatic rings. The minimum absolute atomic E-state index is 0.0179. The lowest BCUT2D eigenvalue weighted by Gasteiger charge is -2.28. The molecule has 2 aromatic rings. The van der Waals surface area contributed by atoms with Crippen LogP contribution in [0, 0.1) is 0 Å². The summed E-state index contributed by atoms with van der Waals surface area (Å²) >= 11 is 5.98. The maximum absolute atomic E-state index is 13.0. The molecular weight excluding hydrogens is 312 g/mol. The number of halogens is 1. The van der Waals surface area contributed by atoms with E-state index in [1.165, 1.54) is 0 Å². The first-order valence-electron chi connectivity index (χ1n) is 7.72. The summed E-state index contributed by atoms with van der Waals surface area (Å²) in [6.45, 7) is 0. The number of benzene rings is 1. The number of nitrogens with one attached hydrogen (secondary N) is 1. The Hall–Kier alpha value is -2.07. The molecule has 1 aromatic carbocycles. The van der Waals surface area contributed by atoms with Gasteiger partial charge in [0.25, 0.3) is 0 Å². The van der Waals surface area contributed by atoms with Crippen LogP contribution in [0.3, 0.4) is 0 Å². The number of ether oxygens (including phenoxy) is 1. The number of methoxy groups -OCH3 is 1. The van der Waals surface area contributed by atoms with Gasteiger partial charge in [0, 0.05) is 11.1 Å². The van der Waals surface area contributed by atoms with Crippen LogP contribution in [0.25, 0.3) is 0 Å². The van der Waals surface area contributed by atoms with Crippen LogP contribution in [-0.4, -0.2) is 18.0 Å². The van der Waals surface area contributed by atoms with Crippen molar-refractivity contribution in [2.75, 3.05) is 12.4 Å². The lowest BCUT2D eigenvalue weighted by molar-refractivity contribution is -0.121. The van der Waals surface area contributed by atoms with Gasteiger partial charge in [0.2, 0.25) is 11.8 Å². The molecule has 4 nitrogen and oxygen atoms in total. The van der Waals surface area contributed by atoms with Gasteiger partial charge >= 0.3 is 0 Å². The Bertz CT molecular complexity index is 677. The average Bonchev–Trinajstić information content (AvgIpc) is 3.07. The fourth-order valence-electron chi connectivity index (χ4n) is 3.22. The second-order valence-corrected chi connectivity index (χ2v) is 6.28. The van der Waals surface area contributed by atoms with Crippen LogP contribution in [0.4, 0.5) is 5.69 Å². The zero-order valence-corrected chi connectivity index (χ0v) is 13.8. The summed E-state index contributed by atoms with van der Waals surface area (Å²) < 4.78 is 5.04. The zero-order valence-electron chi connectivity index (χ0n) is 13.0. The van der Waals surface area contributed by atoms with E-state index in [0.717, 1.165) is 31.2 Å². The maximum Gasteiger partial charge on any atom is 0.235 e. The van der Waals surface area contributed by atoms with E-state index < -0.39 is 5.41 Å². The molecule has 0 unspecified atom stereocenters. The number of carbonyl (C=O) groups excluding carboxylic acids is 1. The second-order valence-electron chi connectivity index (χ2n) is 5.84. The SMILES string of the molecule is COc1ccc(NC(=O)C2(c3ccc(Cl)cc3)CCCC2)cn1. The maximum atomic E-state index is 13.0. The van der Waals surface area contributed by atoms with E-state index in [2.05, 4.69) is 10.3 Å². The zero-order chi connectivity index (χ0) is 16.3. The summed E-state index contributed by atoms with van der Waals surface area (Å²) in [6, 6.07) is 11.1. The third-order valence-corrected chi connectivity index (χ3v) is 4.74. The van der Waals surface area contributed by atoms with Crippen molar-refractivity contribution in [1.82, 2.24) is 4.98 Å². The van der Waals surface area contributed by atoms with E-state index in [9.17, 15) is 4.79 Å². The van der Waals surface area contributed by atoms with Gasteiger partial charge in [0.15, 0.2) is 0 Å².